The number of nitrogens with one attached hydrogen (secondary N) is 1. The molecule has 0 aromatic heterocycles. The van der Waals surface area contributed by atoms with Crippen LogP contribution in [0, 0.1) is 11.7 Å². The first-order valence-electron chi connectivity index (χ1n) is 7.13. The maximum absolute atomic E-state index is 13.6. The van der Waals surface area contributed by atoms with Crippen molar-refractivity contribution < 1.29 is 4.39 Å². The van der Waals surface area contributed by atoms with Crippen LogP contribution in [0.2, 0.25) is 5.02 Å². The first kappa shape index (κ1) is 16.0. The van der Waals surface area contributed by atoms with Gasteiger partial charge in [-0.25, -0.2) is 4.39 Å². The van der Waals surface area contributed by atoms with Gasteiger partial charge in [0.25, 0.3) is 0 Å². The van der Waals surface area contributed by atoms with Gasteiger partial charge in [-0.2, -0.15) is 0 Å². The third kappa shape index (κ3) is 4.08. The Bertz CT molecular complexity index is 425. The van der Waals surface area contributed by atoms with Crippen LogP contribution in [0.4, 0.5) is 4.39 Å². The molecule has 0 radical (unpaired) electrons. The van der Waals surface area contributed by atoms with Crippen LogP contribution in [0.15, 0.2) is 18.2 Å². The summed E-state index contributed by atoms with van der Waals surface area (Å²) in [5.41, 5.74) is 1.04. The molecule has 1 aromatic carbocycles. The monoisotopic (exact) mass is 318 g/mol. The van der Waals surface area contributed by atoms with Gasteiger partial charge in [-0.15, -0.1) is 12.4 Å². The van der Waals surface area contributed by atoms with Crippen molar-refractivity contribution in [3.8, 4) is 0 Å². The molecule has 0 bridgehead atoms. The minimum Gasteiger partial charge on any atom is -0.314 e. The number of nitrogens with zero attached hydrogens (tertiary/aromatic N) is 1. The van der Waals surface area contributed by atoms with Crippen molar-refractivity contribution in [2.24, 2.45) is 5.92 Å². The molecule has 1 N–H and O–H groups in total. The summed E-state index contributed by atoms with van der Waals surface area (Å²) in [4.78, 5) is 2.47. The van der Waals surface area contributed by atoms with Gasteiger partial charge in [0.15, 0.2) is 0 Å². The van der Waals surface area contributed by atoms with Crippen LogP contribution in [0.5, 0.6) is 0 Å². The second kappa shape index (κ2) is 7.08. The van der Waals surface area contributed by atoms with Gasteiger partial charge in [-0.05, 0) is 36.1 Å². The zero-order chi connectivity index (χ0) is 13.2. The van der Waals surface area contributed by atoms with E-state index in [0.717, 1.165) is 44.1 Å². The van der Waals surface area contributed by atoms with Gasteiger partial charge in [0, 0.05) is 37.2 Å². The molecule has 1 atom stereocenters. The quantitative estimate of drug-likeness (QED) is 0.911. The lowest BCUT2D eigenvalue weighted by Gasteiger charge is -2.35. The molecule has 1 aromatic rings. The van der Waals surface area contributed by atoms with Crippen molar-refractivity contribution in [2.75, 3.05) is 26.2 Å². The van der Waals surface area contributed by atoms with E-state index in [1.54, 1.807) is 6.07 Å². The summed E-state index contributed by atoms with van der Waals surface area (Å²) in [7, 11) is 0. The van der Waals surface area contributed by atoms with E-state index in [1.807, 2.05) is 6.07 Å². The number of benzene rings is 1. The van der Waals surface area contributed by atoms with E-state index in [4.69, 9.17) is 11.6 Å². The molecule has 0 spiro atoms. The summed E-state index contributed by atoms with van der Waals surface area (Å²) in [5, 5.41) is 3.88. The molecule has 3 rings (SSSR count). The molecule has 0 amide bonds. The van der Waals surface area contributed by atoms with Crippen LogP contribution in [0.25, 0.3) is 0 Å². The van der Waals surface area contributed by atoms with E-state index < -0.39 is 0 Å². The highest BCUT2D eigenvalue weighted by Crippen LogP contribution is 2.40. The normalized spacial score (nSPS) is 21.3. The van der Waals surface area contributed by atoms with E-state index in [0.29, 0.717) is 11.1 Å². The Morgan fingerprint density at radius 3 is 2.55 bits per heavy atom. The highest BCUT2D eigenvalue weighted by molar-refractivity contribution is 6.30. The Morgan fingerprint density at radius 1 is 1.25 bits per heavy atom. The Balaban J connectivity index is 0.00000147. The summed E-state index contributed by atoms with van der Waals surface area (Å²) in [6.07, 6.45) is 3.79. The van der Waals surface area contributed by atoms with Crippen molar-refractivity contribution in [3.63, 3.8) is 0 Å². The maximum atomic E-state index is 13.6. The van der Waals surface area contributed by atoms with E-state index in [1.165, 1.54) is 18.9 Å². The third-order valence-corrected chi connectivity index (χ3v) is 4.33. The summed E-state index contributed by atoms with van der Waals surface area (Å²) in [6, 6.07) is 5.29. The second-order valence-electron chi connectivity index (χ2n) is 5.68. The summed E-state index contributed by atoms with van der Waals surface area (Å²) in [5.74, 6) is 0.598. The Kier molecular flexibility index (Phi) is 5.67. The maximum Gasteiger partial charge on any atom is 0.125 e. The molecule has 1 saturated carbocycles. The van der Waals surface area contributed by atoms with Gasteiger partial charge in [0.1, 0.15) is 5.82 Å². The highest BCUT2D eigenvalue weighted by atomic mass is 35.5. The van der Waals surface area contributed by atoms with Crippen LogP contribution in [0.1, 0.15) is 30.9 Å². The van der Waals surface area contributed by atoms with Crippen LogP contribution in [0.3, 0.4) is 0 Å². The largest absolute Gasteiger partial charge is 0.314 e. The number of hydrogen-bond acceptors (Lipinski definition) is 2. The molecule has 1 aliphatic heterocycles. The molecule has 20 heavy (non-hydrogen) atoms. The number of rotatable bonds is 4. The lowest BCUT2D eigenvalue weighted by molar-refractivity contribution is 0.160. The summed E-state index contributed by atoms with van der Waals surface area (Å²) in [6.45, 7) is 4.10. The first-order valence-corrected chi connectivity index (χ1v) is 7.51. The summed E-state index contributed by atoms with van der Waals surface area (Å²) < 4.78 is 13.6. The average Bonchev–Trinajstić information content (AvgIpc) is 3.20. The van der Waals surface area contributed by atoms with Crippen LogP contribution >= 0.6 is 24.0 Å². The van der Waals surface area contributed by atoms with E-state index >= 15 is 0 Å². The third-order valence-electron chi connectivity index (χ3n) is 4.12. The standard InChI is InChI=1S/C15H20ClFN2.ClH/c16-13-8-12(9-14(17)10-13)15(7-11-1-2-11)19-5-3-18-4-6-19;/h8-11,15,18H,1-7H2;1H/t15-;/m0./s1. The Labute approximate surface area is 131 Å². The first-order chi connectivity index (χ1) is 9.22. The molecule has 1 saturated heterocycles. The molecule has 5 heteroatoms. The minimum atomic E-state index is -0.224. The lowest BCUT2D eigenvalue weighted by atomic mass is 9.98. The van der Waals surface area contributed by atoms with Crippen LogP contribution in [-0.2, 0) is 0 Å². The predicted molar refractivity (Wildman–Crippen MR) is 83.2 cm³/mol. The van der Waals surface area contributed by atoms with Crippen molar-refractivity contribution in [2.45, 2.75) is 25.3 Å². The van der Waals surface area contributed by atoms with Gasteiger partial charge in [-0.1, -0.05) is 24.4 Å². The van der Waals surface area contributed by atoms with Crippen LogP contribution in [-0.4, -0.2) is 31.1 Å². The zero-order valence-electron chi connectivity index (χ0n) is 11.4. The number of halogens is 3. The molecular formula is C15H21Cl2FN2. The van der Waals surface area contributed by atoms with Crippen LogP contribution < -0.4 is 5.32 Å². The number of piperazine rings is 1. The van der Waals surface area contributed by atoms with E-state index in [2.05, 4.69) is 10.2 Å². The SMILES string of the molecule is Cl.Fc1cc(Cl)cc([C@H](CC2CC2)N2CCNCC2)c1. The fourth-order valence-corrected chi connectivity index (χ4v) is 3.16. The number of hydrogen-bond donors (Lipinski definition) is 1. The van der Waals surface area contributed by atoms with Gasteiger partial charge in [0.2, 0.25) is 0 Å². The Morgan fingerprint density at radius 2 is 1.95 bits per heavy atom. The lowest BCUT2D eigenvalue weighted by Crippen LogP contribution is -2.45. The van der Waals surface area contributed by atoms with Crippen molar-refractivity contribution in [1.29, 1.82) is 0 Å². The minimum absolute atomic E-state index is 0. The van der Waals surface area contributed by atoms with Gasteiger partial charge in [-0.3, -0.25) is 4.90 Å². The fourth-order valence-electron chi connectivity index (χ4n) is 2.93. The molecule has 2 fully saturated rings. The van der Waals surface area contributed by atoms with Gasteiger partial charge >= 0.3 is 0 Å². The molecule has 1 aliphatic carbocycles. The smallest absolute Gasteiger partial charge is 0.125 e. The van der Waals surface area contributed by atoms with Gasteiger partial charge in [0.05, 0.1) is 0 Å². The summed E-state index contributed by atoms with van der Waals surface area (Å²) >= 11 is 6.01. The molecule has 112 valence electrons. The molecule has 0 unspecified atom stereocenters. The average molecular weight is 319 g/mol. The molecule has 1 heterocycles. The highest BCUT2D eigenvalue weighted by Gasteiger charge is 2.30. The molecular weight excluding hydrogens is 298 g/mol. The topological polar surface area (TPSA) is 15.3 Å². The van der Waals surface area contributed by atoms with Crippen molar-refractivity contribution >= 4 is 24.0 Å². The Hall–Kier alpha value is -0.350. The molecule has 2 nitrogen and oxygen atoms in total. The zero-order valence-corrected chi connectivity index (χ0v) is 13.0. The fraction of sp³-hybridized carbons (Fsp3) is 0.600. The van der Waals surface area contributed by atoms with E-state index in [-0.39, 0.29) is 18.2 Å². The predicted octanol–water partition coefficient (Wildman–Crippen LogP) is 3.65. The second-order valence-corrected chi connectivity index (χ2v) is 6.12. The van der Waals surface area contributed by atoms with Crippen molar-refractivity contribution in [3.05, 3.63) is 34.6 Å². The van der Waals surface area contributed by atoms with Crippen molar-refractivity contribution in [1.82, 2.24) is 10.2 Å². The van der Waals surface area contributed by atoms with Gasteiger partial charge < -0.3 is 5.32 Å². The van der Waals surface area contributed by atoms with E-state index in [9.17, 15) is 4.39 Å². The molecule has 2 aliphatic rings.